The van der Waals surface area contributed by atoms with Gasteiger partial charge in [0, 0.05) is 30.3 Å². The first-order valence-electron chi connectivity index (χ1n) is 7.07. The summed E-state index contributed by atoms with van der Waals surface area (Å²) in [6.07, 6.45) is 3.88. The lowest BCUT2D eigenvalue weighted by atomic mass is 10.2. The van der Waals surface area contributed by atoms with Crippen LogP contribution in [0.1, 0.15) is 23.3 Å². The zero-order valence-corrected chi connectivity index (χ0v) is 13.4. The molecule has 3 rings (SSSR count). The monoisotopic (exact) mass is 355 g/mol. The van der Waals surface area contributed by atoms with Gasteiger partial charge in [0.05, 0.1) is 13.2 Å². The fourth-order valence-corrected chi connectivity index (χ4v) is 3.00. The van der Waals surface area contributed by atoms with Crippen LogP contribution in [0.4, 0.5) is 0 Å². The third-order valence-electron chi connectivity index (χ3n) is 3.81. The molecule has 0 aromatic carbocycles. The molecule has 7 heteroatoms. The maximum absolute atomic E-state index is 12.7. The number of ether oxygens (including phenoxy) is 1. The average Bonchev–Trinajstić information content (AvgIpc) is 3.21. The second-order valence-electron chi connectivity index (χ2n) is 5.53. The molecule has 2 heterocycles. The molecule has 1 aromatic heterocycles. The van der Waals surface area contributed by atoms with E-state index in [1.165, 1.54) is 0 Å². The van der Waals surface area contributed by atoms with Crippen LogP contribution >= 0.6 is 15.9 Å². The number of nitrogens with zero attached hydrogens (tertiary/aromatic N) is 2. The first-order chi connectivity index (χ1) is 10.1. The lowest BCUT2D eigenvalue weighted by Crippen LogP contribution is -2.56. The van der Waals surface area contributed by atoms with E-state index in [1.54, 1.807) is 15.5 Å². The standard InChI is InChI=1S/C14H18BrN3O3/c1-17-7-9(15)6-11(17)14(20)18-4-5-21-8-12(18)13(19)16-10-2-3-10/h6-7,10,12H,2-5,8H2,1H3,(H,16,19). The molecule has 2 amide bonds. The molecule has 6 nitrogen and oxygen atoms in total. The van der Waals surface area contributed by atoms with Crippen LogP contribution in [0.15, 0.2) is 16.7 Å². The molecule has 0 spiro atoms. The fourth-order valence-electron chi connectivity index (χ4n) is 2.47. The van der Waals surface area contributed by atoms with E-state index >= 15 is 0 Å². The zero-order chi connectivity index (χ0) is 15.0. The van der Waals surface area contributed by atoms with Gasteiger partial charge in [0.15, 0.2) is 0 Å². The molecule has 21 heavy (non-hydrogen) atoms. The Hall–Kier alpha value is -1.34. The smallest absolute Gasteiger partial charge is 0.271 e. The van der Waals surface area contributed by atoms with Crippen molar-refractivity contribution in [2.24, 2.45) is 7.05 Å². The van der Waals surface area contributed by atoms with E-state index < -0.39 is 6.04 Å². The van der Waals surface area contributed by atoms with E-state index in [2.05, 4.69) is 21.2 Å². The van der Waals surface area contributed by atoms with Gasteiger partial charge in [0.25, 0.3) is 5.91 Å². The number of rotatable bonds is 3. The molecule has 1 saturated heterocycles. The van der Waals surface area contributed by atoms with Gasteiger partial charge in [-0.15, -0.1) is 0 Å². The molecule has 1 saturated carbocycles. The summed E-state index contributed by atoms with van der Waals surface area (Å²) in [6.45, 7) is 1.16. The number of aryl methyl sites for hydroxylation is 1. The van der Waals surface area contributed by atoms with E-state index in [1.807, 2.05) is 13.2 Å². The molecule has 0 bridgehead atoms. The number of hydrogen-bond acceptors (Lipinski definition) is 3. The normalized spacial score (nSPS) is 22.2. The molecule has 2 aliphatic rings. The summed E-state index contributed by atoms with van der Waals surface area (Å²) in [5, 5.41) is 2.95. The Kier molecular flexibility index (Phi) is 4.03. The molecule has 0 radical (unpaired) electrons. The summed E-state index contributed by atoms with van der Waals surface area (Å²) in [5.74, 6) is -0.249. The van der Waals surface area contributed by atoms with E-state index in [-0.39, 0.29) is 24.5 Å². The van der Waals surface area contributed by atoms with E-state index in [9.17, 15) is 9.59 Å². The van der Waals surface area contributed by atoms with Gasteiger partial charge in [0.2, 0.25) is 5.91 Å². The van der Waals surface area contributed by atoms with E-state index in [4.69, 9.17) is 4.74 Å². The maximum Gasteiger partial charge on any atom is 0.271 e. The van der Waals surface area contributed by atoms with Gasteiger partial charge in [-0.2, -0.15) is 0 Å². The number of halogens is 1. The van der Waals surface area contributed by atoms with Crippen molar-refractivity contribution in [2.45, 2.75) is 24.9 Å². The SMILES string of the molecule is Cn1cc(Br)cc1C(=O)N1CCOCC1C(=O)NC1CC1. The number of carbonyl (C=O) groups excluding carboxylic acids is 2. The fraction of sp³-hybridized carbons (Fsp3) is 0.571. The quantitative estimate of drug-likeness (QED) is 0.876. The van der Waals surface area contributed by atoms with Crippen molar-refractivity contribution in [3.8, 4) is 0 Å². The highest BCUT2D eigenvalue weighted by molar-refractivity contribution is 9.10. The summed E-state index contributed by atoms with van der Waals surface area (Å²) >= 11 is 3.36. The van der Waals surface area contributed by atoms with Gasteiger partial charge in [-0.05, 0) is 34.8 Å². The van der Waals surface area contributed by atoms with Gasteiger partial charge in [-0.25, -0.2) is 0 Å². The van der Waals surface area contributed by atoms with Crippen LogP contribution in [0.3, 0.4) is 0 Å². The lowest BCUT2D eigenvalue weighted by molar-refractivity contribution is -0.130. The topological polar surface area (TPSA) is 63.6 Å². The van der Waals surface area contributed by atoms with Gasteiger partial charge in [-0.3, -0.25) is 9.59 Å². The molecule has 1 aliphatic heterocycles. The van der Waals surface area contributed by atoms with E-state index in [0.717, 1.165) is 17.3 Å². The van der Waals surface area contributed by atoms with Crippen molar-refractivity contribution in [3.05, 3.63) is 22.4 Å². The minimum atomic E-state index is -0.541. The third-order valence-corrected chi connectivity index (χ3v) is 4.24. The Bertz CT molecular complexity index is 568. The highest BCUT2D eigenvalue weighted by Crippen LogP contribution is 2.21. The van der Waals surface area contributed by atoms with Gasteiger partial charge in [0.1, 0.15) is 11.7 Å². The number of aromatic nitrogens is 1. The van der Waals surface area contributed by atoms with E-state index in [0.29, 0.717) is 18.8 Å². The molecular weight excluding hydrogens is 338 g/mol. The van der Waals surface area contributed by atoms with Crippen molar-refractivity contribution in [1.82, 2.24) is 14.8 Å². The summed E-state index contributed by atoms with van der Waals surface area (Å²) < 4.78 is 8.00. The summed E-state index contributed by atoms with van der Waals surface area (Å²) in [4.78, 5) is 26.6. The van der Waals surface area contributed by atoms with Crippen LogP contribution in [-0.4, -0.2) is 53.1 Å². The Morgan fingerprint density at radius 3 is 2.81 bits per heavy atom. The summed E-state index contributed by atoms with van der Waals surface area (Å²) in [6, 6.07) is 1.51. The molecule has 1 N–H and O–H groups in total. The highest BCUT2D eigenvalue weighted by Gasteiger charge is 2.36. The minimum absolute atomic E-state index is 0.112. The molecule has 1 aliphatic carbocycles. The Labute approximate surface area is 131 Å². The first-order valence-corrected chi connectivity index (χ1v) is 7.86. The van der Waals surface area contributed by atoms with Gasteiger partial charge in [-0.1, -0.05) is 0 Å². The second kappa shape index (κ2) is 5.81. The minimum Gasteiger partial charge on any atom is -0.377 e. The predicted molar refractivity (Wildman–Crippen MR) is 79.9 cm³/mol. The van der Waals surface area contributed by atoms with Crippen LogP contribution in [0.2, 0.25) is 0 Å². The largest absolute Gasteiger partial charge is 0.377 e. The summed E-state index contributed by atoms with van der Waals surface area (Å²) in [5.41, 5.74) is 0.563. The Balaban J connectivity index is 1.78. The highest BCUT2D eigenvalue weighted by atomic mass is 79.9. The molecule has 1 aromatic rings. The lowest BCUT2D eigenvalue weighted by Gasteiger charge is -2.34. The average molecular weight is 356 g/mol. The zero-order valence-electron chi connectivity index (χ0n) is 11.8. The van der Waals surface area contributed by atoms with Gasteiger partial charge >= 0.3 is 0 Å². The van der Waals surface area contributed by atoms with Crippen molar-refractivity contribution >= 4 is 27.7 Å². The number of hydrogen-bond donors (Lipinski definition) is 1. The first kappa shape index (κ1) is 14.6. The van der Waals surface area contributed by atoms with Crippen LogP contribution < -0.4 is 5.32 Å². The number of nitrogens with one attached hydrogen (secondary N) is 1. The summed E-state index contributed by atoms with van der Waals surface area (Å²) in [7, 11) is 1.82. The molecule has 1 atom stereocenters. The van der Waals surface area contributed by atoms with Crippen molar-refractivity contribution < 1.29 is 14.3 Å². The number of carbonyl (C=O) groups is 2. The van der Waals surface area contributed by atoms with Crippen LogP contribution in [0.5, 0.6) is 0 Å². The van der Waals surface area contributed by atoms with Crippen LogP contribution in [0, 0.1) is 0 Å². The molecule has 2 fully saturated rings. The third kappa shape index (κ3) is 3.13. The maximum atomic E-state index is 12.7. The Morgan fingerprint density at radius 2 is 2.19 bits per heavy atom. The molecule has 1 unspecified atom stereocenters. The van der Waals surface area contributed by atoms with Gasteiger partial charge < -0.3 is 19.5 Å². The predicted octanol–water partition coefficient (Wildman–Crippen LogP) is 0.907. The van der Waals surface area contributed by atoms with Crippen LogP contribution in [-0.2, 0) is 16.6 Å². The molecule has 114 valence electrons. The van der Waals surface area contributed by atoms with Crippen molar-refractivity contribution in [1.29, 1.82) is 0 Å². The molecular formula is C14H18BrN3O3. The second-order valence-corrected chi connectivity index (χ2v) is 6.44. The number of amides is 2. The van der Waals surface area contributed by atoms with Crippen molar-refractivity contribution in [3.63, 3.8) is 0 Å². The van der Waals surface area contributed by atoms with Crippen LogP contribution in [0.25, 0.3) is 0 Å². The Morgan fingerprint density at radius 1 is 1.43 bits per heavy atom. The number of morpholine rings is 1. The van der Waals surface area contributed by atoms with Crippen molar-refractivity contribution in [2.75, 3.05) is 19.8 Å².